The minimum Gasteiger partial charge on any atom is -0.463 e. The van der Waals surface area contributed by atoms with Gasteiger partial charge < -0.3 is 4.74 Å². The lowest BCUT2D eigenvalue weighted by molar-refractivity contribution is -0.137. The summed E-state index contributed by atoms with van der Waals surface area (Å²) in [5.74, 6) is 0.469. The van der Waals surface area contributed by atoms with Crippen molar-refractivity contribution in [2.24, 2.45) is 5.92 Å². The first kappa shape index (κ1) is 8.31. The summed E-state index contributed by atoms with van der Waals surface area (Å²) in [4.78, 5) is 10.9. The Bertz CT molecular complexity index is 178. The van der Waals surface area contributed by atoms with E-state index < -0.39 is 0 Å². The van der Waals surface area contributed by atoms with Crippen LogP contribution in [0.25, 0.3) is 0 Å². The maximum Gasteiger partial charge on any atom is 0.330 e. The van der Waals surface area contributed by atoms with Crippen LogP contribution in [0.4, 0.5) is 0 Å². The molecule has 0 aromatic rings. The first-order valence-corrected chi connectivity index (χ1v) is 4.09. The molecule has 0 radical (unpaired) electrons. The number of carbonyl (C=O) groups excluding carboxylic acids is 1. The Morgan fingerprint density at radius 2 is 2.27 bits per heavy atom. The molecule has 1 fully saturated rings. The van der Waals surface area contributed by atoms with Crippen LogP contribution in [0.3, 0.4) is 0 Å². The number of hydrogen-bond acceptors (Lipinski definition) is 2. The molecule has 2 nitrogen and oxygen atoms in total. The molecule has 0 aromatic carbocycles. The predicted molar refractivity (Wildman–Crippen MR) is 43.1 cm³/mol. The summed E-state index contributed by atoms with van der Waals surface area (Å²) in [6.07, 6.45) is 4.09. The zero-order valence-electron chi connectivity index (χ0n) is 7.09. The van der Waals surface area contributed by atoms with Crippen LogP contribution in [-0.2, 0) is 9.53 Å². The van der Waals surface area contributed by atoms with Crippen molar-refractivity contribution in [2.75, 3.05) is 6.61 Å². The lowest BCUT2D eigenvalue weighted by atomic mass is 10.2. The van der Waals surface area contributed by atoms with E-state index in [1.165, 1.54) is 18.4 Å². The molecular formula is C9H14O2. The van der Waals surface area contributed by atoms with Crippen LogP contribution in [0.1, 0.15) is 26.7 Å². The van der Waals surface area contributed by atoms with Crippen LogP contribution in [0.5, 0.6) is 0 Å². The molecule has 1 rings (SSSR count). The second-order valence-electron chi connectivity index (χ2n) is 2.91. The maximum atomic E-state index is 10.9. The molecule has 0 atom stereocenters. The summed E-state index contributed by atoms with van der Waals surface area (Å²) < 4.78 is 4.78. The third kappa shape index (κ3) is 2.74. The summed E-state index contributed by atoms with van der Waals surface area (Å²) in [5.41, 5.74) is 1.17. The molecule has 1 aliphatic rings. The lowest BCUT2D eigenvalue weighted by Crippen LogP contribution is -2.00. The summed E-state index contributed by atoms with van der Waals surface area (Å²) >= 11 is 0. The second kappa shape index (κ2) is 3.56. The van der Waals surface area contributed by atoms with E-state index in [1.807, 2.05) is 13.8 Å². The Morgan fingerprint density at radius 1 is 1.64 bits per heavy atom. The molecule has 0 N–H and O–H groups in total. The molecule has 62 valence electrons. The zero-order valence-corrected chi connectivity index (χ0v) is 7.09. The molecule has 0 saturated heterocycles. The normalized spacial score (nSPS) is 18.2. The van der Waals surface area contributed by atoms with Crippen LogP contribution in [0, 0.1) is 5.92 Å². The van der Waals surface area contributed by atoms with Gasteiger partial charge in [0.1, 0.15) is 0 Å². The van der Waals surface area contributed by atoms with Gasteiger partial charge in [0.25, 0.3) is 0 Å². The topological polar surface area (TPSA) is 26.3 Å². The summed E-state index contributed by atoms with van der Waals surface area (Å²) in [6, 6.07) is 0. The SMILES string of the molecule is CCOC(=O)/C=C(\C)C1CC1. The third-order valence-electron chi connectivity index (χ3n) is 1.85. The highest BCUT2D eigenvalue weighted by Crippen LogP contribution is 2.35. The van der Waals surface area contributed by atoms with Crippen molar-refractivity contribution in [1.29, 1.82) is 0 Å². The van der Waals surface area contributed by atoms with Crippen molar-refractivity contribution < 1.29 is 9.53 Å². The van der Waals surface area contributed by atoms with Crippen molar-refractivity contribution >= 4 is 5.97 Å². The van der Waals surface area contributed by atoms with Gasteiger partial charge >= 0.3 is 5.97 Å². The van der Waals surface area contributed by atoms with Gasteiger partial charge in [-0.25, -0.2) is 4.79 Å². The fourth-order valence-electron chi connectivity index (χ4n) is 1.03. The minimum atomic E-state index is -0.197. The molecule has 1 saturated carbocycles. The molecular weight excluding hydrogens is 140 g/mol. The van der Waals surface area contributed by atoms with E-state index >= 15 is 0 Å². The largest absolute Gasteiger partial charge is 0.463 e. The number of allylic oxidation sites excluding steroid dienone is 1. The fourth-order valence-corrected chi connectivity index (χ4v) is 1.03. The third-order valence-corrected chi connectivity index (χ3v) is 1.85. The van der Waals surface area contributed by atoms with Gasteiger partial charge in [-0.2, -0.15) is 0 Å². The van der Waals surface area contributed by atoms with E-state index in [0.29, 0.717) is 12.5 Å². The lowest BCUT2D eigenvalue weighted by Gasteiger charge is -1.97. The number of carbonyl (C=O) groups is 1. The van der Waals surface area contributed by atoms with E-state index in [9.17, 15) is 4.79 Å². The van der Waals surface area contributed by atoms with Gasteiger partial charge in [0.15, 0.2) is 0 Å². The van der Waals surface area contributed by atoms with Crippen molar-refractivity contribution in [2.45, 2.75) is 26.7 Å². The highest BCUT2D eigenvalue weighted by molar-refractivity contribution is 5.82. The van der Waals surface area contributed by atoms with Gasteiger partial charge in [0, 0.05) is 6.08 Å². The molecule has 1 aliphatic carbocycles. The van der Waals surface area contributed by atoms with E-state index in [1.54, 1.807) is 6.08 Å². The summed E-state index contributed by atoms with van der Waals surface area (Å²) in [6.45, 7) is 4.28. The Hall–Kier alpha value is -0.790. The van der Waals surface area contributed by atoms with E-state index in [0.717, 1.165) is 0 Å². The molecule has 0 aliphatic heterocycles. The molecule has 0 aromatic heterocycles. The van der Waals surface area contributed by atoms with Crippen LogP contribution in [-0.4, -0.2) is 12.6 Å². The molecule has 0 unspecified atom stereocenters. The summed E-state index contributed by atoms with van der Waals surface area (Å²) in [7, 11) is 0. The quantitative estimate of drug-likeness (QED) is 0.458. The van der Waals surface area contributed by atoms with Crippen molar-refractivity contribution in [3.8, 4) is 0 Å². The zero-order chi connectivity index (χ0) is 8.27. The molecule has 11 heavy (non-hydrogen) atoms. The maximum absolute atomic E-state index is 10.9. The Balaban J connectivity index is 2.35. The van der Waals surface area contributed by atoms with Crippen molar-refractivity contribution in [3.05, 3.63) is 11.6 Å². The first-order valence-electron chi connectivity index (χ1n) is 4.09. The molecule has 0 amide bonds. The van der Waals surface area contributed by atoms with E-state index in [2.05, 4.69) is 0 Å². The van der Waals surface area contributed by atoms with Crippen molar-refractivity contribution in [1.82, 2.24) is 0 Å². The smallest absolute Gasteiger partial charge is 0.330 e. The Morgan fingerprint density at radius 3 is 2.73 bits per heavy atom. The molecule has 0 bridgehead atoms. The van der Waals surface area contributed by atoms with Crippen LogP contribution >= 0.6 is 0 Å². The summed E-state index contributed by atoms with van der Waals surface area (Å²) in [5, 5.41) is 0. The number of rotatable bonds is 3. The Labute approximate surface area is 67.2 Å². The Kier molecular flexibility index (Phi) is 2.69. The monoisotopic (exact) mass is 154 g/mol. The second-order valence-corrected chi connectivity index (χ2v) is 2.91. The highest BCUT2D eigenvalue weighted by atomic mass is 16.5. The fraction of sp³-hybridized carbons (Fsp3) is 0.667. The van der Waals surface area contributed by atoms with E-state index in [-0.39, 0.29) is 5.97 Å². The number of hydrogen-bond donors (Lipinski definition) is 0. The van der Waals surface area contributed by atoms with Gasteiger partial charge in [-0.15, -0.1) is 0 Å². The van der Waals surface area contributed by atoms with Gasteiger partial charge in [0.2, 0.25) is 0 Å². The van der Waals surface area contributed by atoms with Crippen molar-refractivity contribution in [3.63, 3.8) is 0 Å². The number of ether oxygens (including phenoxy) is 1. The first-order chi connectivity index (χ1) is 5.24. The average molecular weight is 154 g/mol. The predicted octanol–water partition coefficient (Wildman–Crippen LogP) is 1.91. The average Bonchev–Trinajstić information content (AvgIpc) is 2.67. The van der Waals surface area contributed by atoms with E-state index in [4.69, 9.17) is 4.74 Å². The molecule has 2 heteroatoms. The van der Waals surface area contributed by atoms with Crippen LogP contribution < -0.4 is 0 Å². The highest BCUT2D eigenvalue weighted by Gasteiger charge is 2.23. The molecule has 0 spiro atoms. The van der Waals surface area contributed by atoms with Crippen LogP contribution in [0.2, 0.25) is 0 Å². The van der Waals surface area contributed by atoms with Crippen LogP contribution in [0.15, 0.2) is 11.6 Å². The van der Waals surface area contributed by atoms with Gasteiger partial charge in [0.05, 0.1) is 6.61 Å². The van der Waals surface area contributed by atoms with Gasteiger partial charge in [-0.1, -0.05) is 5.57 Å². The van der Waals surface area contributed by atoms with Gasteiger partial charge in [-0.3, -0.25) is 0 Å². The number of esters is 1. The van der Waals surface area contributed by atoms with Gasteiger partial charge in [-0.05, 0) is 32.6 Å². The standard InChI is InChI=1S/C9H14O2/c1-3-11-9(10)6-7(2)8-4-5-8/h6,8H,3-5H2,1-2H3/b7-6+. The molecule has 0 heterocycles. The minimum absolute atomic E-state index is 0.197.